The SMILES string of the molecule is N#Cc1cccc(NC(=O)COC(=O)/C=C/c2nc3ccccc3s2)c1. The number of para-hydroxylation sites is 1. The number of hydrogen-bond acceptors (Lipinski definition) is 6. The maximum atomic E-state index is 11.8. The highest BCUT2D eigenvalue weighted by Gasteiger charge is 2.07. The van der Waals surface area contributed by atoms with E-state index in [4.69, 9.17) is 10.00 Å². The molecule has 0 spiro atoms. The Kier molecular flexibility index (Phi) is 5.37. The number of carbonyl (C=O) groups is 2. The molecular formula is C19H13N3O3S. The van der Waals surface area contributed by atoms with Crippen molar-refractivity contribution in [1.82, 2.24) is 4.98 Å². The van der Waals surface area contributed by atoms with Gasteiger partial charge in [0.2, 0.25) is 0 Å². The number of nitrogens with zero attached hydrogens (tertiary/aromatic N) is 2. The molecule has 0 unspecified atom stereocenters. The van der Waals surface area contributed by atoms with Crippen molar-refractivity contribution in [3.8, 4) is 6.07 Å². The maximum absolute atomic E-state index is 11.8. The number of aromatic nitrogens is 1. The summed E-state index contributed by atoms with van der Waals surface area (Å²) in [6, 6.07) is 16.1. The standard InChI is InChI=1S/C19H13N3O3S/c20-11-13-4-3-5-14(10-13)21-17(23)12-25-19(24)9-8-18-22-15-6-1-2-7-16(15)26-18/h1-10H,12H2,(H,21,23)/b9-8+. The van der Waals surface area contributed by atoms with E-state index in [1.807, 2.05) is 30.3 Å². The zero-order valence-corrected chi connectivity index (χ0v) is 14.3. The first-order valence-corrected chi connectivity index (χ1v) is 8.46. The molecule has 26 heavy (non-hydrogen) atoms. The van der Waals surface area contributed by atoms with Crippen molar-refractivity contribution in [2.75, 3.05) is 11.9 Å². The number of rotatable bonds is 5. The van der Waals surface area contributed by atoms with Crippen LogP contribution in [0.25, 0.3) is 16.3 Å². The summed E-state index contributed by atoms with van der Waals surface area (Å²) in [5.74, 6) is -1.12. The number of esters is 1. The third-order valence-electron chi connectivity index (χ3n) is 3.29. The van der Waals surface area contributed by atoms with Crippen molar-refractivity contribution < 1.29 is 14.3 Å². The molecule has 0 aliphatic rings. The minimum Gasteiger partial charge on any atom is -0.452 e. The molecule has 1 N–H and O–H groups in total. The Morgan fingerprint density at radius 1 is 1.23 bits per heavy atom. The van der Waals surface area contributed by atoms with Gasteiger partial charge in [-0.15, -0.1) is 11.3 Å². The van der Waals surface area contributed by atoms with Gasteiger partial charge < -0.3 is 10.1 Å². The van der Waals surface area contributed by atoms with Gasteiger partial charge in [0, 0.05) is 11.8 Å². The van der Waals surface area contributed by atoms with E-state index in [-0.39, 0.29) is 0 Å². The first-order chi connectivity index (χ1) is 12.6. The Bertz CT molecular complexity index is 1000. The molecule has 0 radical (unpaired) electrons. The lowest BCUT2D eigenvalue weighted by atomic mass is 10.2. The van der Waals surface area contributed by atoms with Crippen LogP contribution < -0.4 is 5.32 Å². The van der Waals surface area contributed by atoms with Gasteiger partial charge in [-0.3, -0.25) is 4.79 Å². The van der Waals surface area contributed by atoms with Gasteiger partial charge in [0.05, 0.1) is 21.8 Å². The summed E-state index contributed by atoms with van der Waals surface area (Å²) >= 11 is 1.46. The zero-order valence-electron chi connectivity index (χ0n) is 13.5. The van der Waals surface area contributed by atoms with Crippen molar-refractivity contribution in [2.24, 2.45) is 0 Å². The lowest BCUT2D eigenvalue weighted by molar-refractivity contribution is -0.142. The summed E-state index contributed by atoms with van der Waals surface area (Å²) in [6.07, 6.45) is 2.79. The van der Waals surface area contributed by atoms with Crippen LogP contribution in [0.1, 0.15) is 10.6 Å². The van der Waals surface area contributed by atoms with Gasteiger partial charge in [-0.1, -0.05) is 18.2 Å². The normalized spacial score (nSPS) is 10.6. The Hall–Kier alpha value is -3.50. The van der Waals surface area contributed by atoms with Gasteiger partial charge >= 0.3 is 5.97 Å². The van der Waals surface area contributed by atoms with E-state index >= 15 is 0 Å². The molecular weight excluding hydrogens is 350 g/mol. The van der Waals surface area contributed by atoms with Gasteiger partial charge in [0.25, 0.3) is 5.91 Å². The summed E-state index contributed by atoms with van der Waals surface area (Å²) in [5, 5.41) is 12.1. The van der Waals surface area contributed by atoms with Crippen LogP contribution in [0.15, 0.2) is 54.6 Å². The predicted octanol–water partition coefficient (Wildman–Crippen LogP) is 3.36. The quantitative estimate of drug-likeness (QED) is 0.554. The molecule has 128 valence electrons. The summed E-state index contributed by atoms with van der Waals surface area (Å²) < 4.78 is 5.93. The summed E-state index contributed by atoms with van der Waals surface area (Å²) in [7, 11) is 0. The highest BCUT2D eigenvalue weighted by molar-refractivity contribution is 7.19. The third-order valence-corrected chi connectivity index (χ3v) is 4.30. The second-order valence-corrected chi connectivity index (χ2v) is 6.26. The molecule has 6 nitrogen and oxygen atoms in total. The molecule has 1 amide bonds. The smallest absolute Gasteiger partial charge is 0.331 e. The molecule has 0 aliphatic heterocycles. The molecule has 3 rings (SSSR count). The lowest BCUT2D eigenvalue weighted by Crippen LogP contribution is -2.20. The van der Waals surface area contributed by atoms with E-state index in [0.29, 0.717) is 16.3 Å². The van der Waals surface area contributed by atoms with Crippen molar-refractivity contribution in [3.63, 3.8) is 0 Å². The zero-order chi connectivity index (χ0) is 18.4. The Labute approximate surface area is 153 Å². The molecule has 0 saturated heterocycles. The molecule has 1 heterocycles. The monoisotopic (exact) mass is 363 g/mol. The molecule has 3 aromatic rings. The average Bonchev–Trinajstić information content (AvgIpc) is 3.08. The Balaban J connectivity index is 1.51. The predicted molar refractivity (Wildman–Crippen MR) is 99.4 cm³/mol. The molecule has 0 fully saturated rings. The van der Waals surface area contributed by atoms with Crippen LogP contribution in [0.5, 0.6) is 0 Å². The number of thiazole rings is 1. The van der Waals surface area contributed by atoms with Gasteiger partial charge in [-0.05, 0) is 36.4 Å². The van der Waals surface area contributed by atoms with Gasteiger partial charge in [0.15, 0.2) is 6.61 Å². The van der Waals surface area contributed by atoms with Crippen LogP contribution in [0.3, 0.4) is 0 Å². The molecule has 0 aliphatic carbocycles. The van der Waals surface area contributed by atoms with Crippen molar-refractivity contribution in [2.45, 2.75) is 0 Å². The Morgan fingerprint density at radius 3 is 2.88 bits per heavy atom. The number of nitriles is 1. The molecule has 1 aromatic heterocycles. The minimum atomic E-state index is -0.634. The fourth-order valence-electron chi connectivity index (χ4n) is 2.15. The molecule has 0 atom stereocenters. The molecule has 0 saturated carbocycles. The highest BCUT2D eigenvalue weighted by Crippen LogP contribution is 2.22. The number of fused-ring (bicyclic) bond motifs is 1. The molecule has 7 heteroatoms. The number of benzene rings is 2. The van der Waals surface area contributed by atoms with Crippen molar-refractivity contribution in [3.05, 3.63) is 65.2 Å². The van der Waals surface area contributed by atoms with Crippen LogP contribution >= 0.6 is 11.3 Å². The molecule has 2 aromatic carbocycles. The first kappa shape index (κ1) is 17.3. The van der Waals surface area contributed by atoms with Gasteiger partial charge in [-0.2, -0.15) is 5.26 Å². The number of carbonyl (C=O) groups excluding carboxylic acids is 2. The highest BCUT2D eigenvalue weighted by atomic mass is 32.1. The van der Waals surface area contributed by atoms with Crippen LogP contribution in [0.4, 0.5) is 5.69 Å². The van der Waals surface area contributed by atoms with Crippen LogP contribution in [0.2, 0.25) is 0 Å². The largest absolute Gasteiger partial charge is 0.452 e. The molecule has 0 bridgehead atoms. The van der Waals surface area contributed by atoms with E-state index in [1.165, 1.54) is 23.5 Å². The van der Waals surface area contributed by atoms with Gasteiger partial charge in [0.1, 0.15) is 5.01 Å². The van der Waals surface area contributed by atoms with E-state index in [0.717, 1.165) is 10.2 Å². The van der Waals surface area contributed by atoms with Crippen molar-refractivity contribution in [1.29, 1.82) is 5.26 Å². The van der Waals surface area contributed by atoms with Gasteiger partial charge in [-0.25, -0.2) is 9.78 Å². The number of nitrogens with one attached hydrogen (secondary N) is 1. The summed E-state index contributed by atoms with van der Waals surface area (Å²) in [4.78, 5) is 27.9. The van der Waals surface area contributed by atoms with E-state index < -0.39 is 18.5 Å². The second kappa shape index (κ2) is 8.05. The van der Waals surface area contributed by atoms with E-state index in [2.05, 4.69) is 10.3 Å². The topological polar surface area (TPSA) is 92.1 Å². The number of anilines is 1. The van der Waals surface area contributed by atoms with E-state index in [1.54, 1.807) is 24.3 Å². The number of amides is 1. The van der Waals surface area contributed by atoms with E-state index in [9.17, 15) is 9.59 Å². The van der Waals surface area contributed by atoms with Crippen LogP contribution in [-0.4, -0.2) is 23.5 Å². The lowest BCUT2D eigenvalue weighted by Gasteiger charge is -2.05. The van der Waals surface area contributed by atoms with Crippen LogP contribution in [-0.2, 0) is 14.3 Å². The third kappa shape index (κ3) is 4.53. The van der Waals surface area contributed by atoms with Crippen LogP contribution in [0, 0.1) is 11.3 Å². The fraction of sp³-hybridized carbons (Fsp3) is 0.0526. The summed E-state index contributed by atoms with van der Waals surface area (Å²) in [5.41, 5.74) is 1.76. The van der Waals surface area contributed by atoms with Crippen molar-refractivity contribution >= 4 is 45.2 Å². The Morgan fingerprint density at radius 2 is 2.08 bits per heavy atom. The number of ether oxygens (including phenoxy) is 1. The fourth-order valence-corrected chi connectivity index (χ4v) is 3.02. The first-order valence-electron chi connectivity index (χ1n) is 7.64. The summed E-state index contributed by atoms with van der Waals surface area (Å²) in [6.45, 7) is -0.417. The second-order valence-electron chi connectivity index (χ2n) is 5.20. The minimum absolute atomic E-state index is 0.417. The average molecular weight is 363 g/mol. The maximum Gasteiger partial charge on any atom is 0.331 e. The number of hydrogen-bond donors (Lipinski definition) is 1.